The second-order valence-electron chi connectivity index (χ2n) is 5.32. The van der Waals surface area contributed by atoms with Crippen molar-refractivity contribution in [1.82, 2.24) is 10.3 Å². The minimum absolute atomic E-state index is 0.122. The number of rotatable bonds is 5. The van der Waals surface area contributed by atoms with E-state index in [9.17, 15) is 4.79 Å². The van der Waals surface area contributed by atoms with Crippen molar-refractivity contribution in [2.24, 2.45) is 0 Å². The Balaban J connectivity index is 2.05. The number of nitrogens with zero attached hydrogens (tertiary/aromatic N) is 1. The van der Waals surface area contributed by atoms with Gasteiger partial charge in [-0.25, -0.2) is 4.98 Å². The summed E-state index contributed by atoms with van der Waals surface area (Å²) in [5.74, 6) is 0.343. The number of carbonyl (C=O) groups is 1. The fraction of sp³-hybridized carbons (Fsp3) is 0.375. The molecule has 1 heterocycles. The molecule has 1 unspecified atom stereocenters. The van der Waals surface area contributed by atoms with Gasteiger partial charge in [0, 0.05) is 17.0 Å². The number of amides is 1. The average Bonchev–Trinajstić information content (AvgIpc) is 2.95. The molecule has 4 nitrogen and oxygen atoms in total. The van der Waals surface area contributed by atoms with Crippen LogP contribution in [-0.4, -0.2) is 17.9 Å². The molecule has 0 saturated carbocycles. The lowest BCUT2D eigenvalue weighted by atomic mass is 10.0. The number of carbonyl (C=O) groups excluding carboxylic acids is 1. The van der Waals surface area contributed by atoms with E-state index in [-0.39, 0.29) is 11.9 Å². The van der Waals surface area contributed by atoms with Crippen molar-refractivity contribution in [1.29, 1.82) is 0 Å². The van der Waals surface area contributed by atoms with Crippen LogP contribution in [0.25, 0.3) is 0 Å². The fourth-order valence-electron chi connectivity index (χ4n) is 1.88. The van der Waals surface area contributed by atoms with Crippen molar-refractivity contribution in [3.63, 3.8) is 0 Å². The van der Waals surface area contributed by atoms with Crippen LogP contribution in [0, 0.1) is 0 Å². The Bertz CT molecular complexity index is 604. The largest absolute Gasteiger partial charge is 0.312 e. The van der Waals surface area contributed by atoms with Crippen molar-refractivity contribution < 1.29 is 4.79 Å². The number of benzene rings is 1. The number of anilines is 1. The molecule has 2 N–H and O–H groups in total. The lowest BCUT2D eigenvalue weighted by Gasteiger charge is -2.07. The first-order valence-corrected chi connectivity index (χ1v) is 7.93. The molecule has 1 amide bonds. The van der Waals surface area contributed by atoms with Crippen molar-refractivity contribution in [2.45, 2.75) is 32.7 Å². The highest BCUT2D eigenvalue weighted by Gasteiger charge is 2.12. The third-order valence-electron chi connectivity index (χ3n) is 3.46. The zero-order chi connectivity index (χ0) is 15.4. The summed E-state index contributed by atoms with van der Waals surface area (Å²) < 4.78 is 0. The zero-order valence-corrected chi connectivity index (χ0v) is 13.6. The zero-order valence-electron chi connectivity index (χ0n) is 12.8. The minimum atomic E-state index is -0.122. The maximum absolute atomic E-state index is 12.2. The summed E-state index contributed by atoms with van der Waals surface area (Å²) in [6, 6.07) is 7.88. The lowest BCUT2D eigenvalue weighted by molar-refractivity contribution is 0.102. The molecule has 0 aliphatic carbocycles. The molecule has 0 aliphatic heterocycles. The predicted octanol–water partition coefficient (Wildman–Crippen LogP) is 3.80. The SMILES string of the molecule is CNC(C)c1csc(NC(=O)c2ccc(C(C)C)cc2)n1. The summed E-state index contributed by atoms with van der Waals surface area (Å²) in [6.07, 6.45) is 0. The van der Waals surface area contributed by atoms with Gasteiger partial charge in [0.1, 0.15) is 0 Å². The van der Waals surface area contributed by atoms with Gasteiger partial charge in [0.15, 0.2) is 5.13 Å². The van der Waals surface area contributed by atoms with Gasteiger partial charge in [-0.3, -0.25) is 10.1 Å². The molecule has 0 bridgehead atoms. The van der Waals surface area contributed by atoms with Gasteiger partial charge in [-0.1, -0.05) is 26.0 Å². The van der Waals surface area contributed by atoms with Gasteiger partial charge in [-0.2, -0.15) is 0 Å². The number of hydrogen-bond acceptors (Lipinski definition) is 4. The molecule has 2 aromatic rings. The normalized spacial score (nSPS) is 12.4. The van der Waals surface area contributed by atoms with Crippen LogP contribution in [0.3, 0.4) is 0 Å². The van der Waals surface area contributed by atoms with Crippen molar-refractivity contribution >= 4 is 22.4 Å². The Morgan fingerprint density at radius 3 is 2.43 bits per heavy atom. The summed E-state index contributed by atoms with van der Waals surface area (Å²) in [7, 11) is 1.89. The summed E-state index contributed by atoms with van der Waals surface area (Å²) in [6.45, 7) is 6.30. The molecule has 112 valence electrons. The molecule has 21 heavy (non-hydrogen) atoms. The van der Waals surface area contributed by atoms with Crippen LogP contribution in [0.15, 0.2) is 29.6 Å². The molecular formula is C16H21N3OS. The van der Waals surface area contributed by atoms with E-state index in [2.05, 4.69) is 29.5 Å². The van der Waals surface area contributed by atoms with E-state index in [0.717, 1.165) is 5.69 Å². The maximum atomic E-state index is 12.2. The van der Waals surface area contributed by atoms with E-state index in [1.807, 2.05) is 43.6 Å². The standard InChI is InChI=1S/C16H21N3OS/c1-10(2)12-5-7-13(8-6-12)15(20)19-16-18-14(9-21-16)11(3)17-4/h5-11,17H,1-4H3,(H,18,19,20). The van der Waals surface area contributed by atoms with E-state index in [4.69, 9.17) is 0 Å². The van der Waals surface area contributed by atoms with Crippen LogP contribution >= 0.6 is 11.3 Å². The maximum Gasteiger partial charge on any atom is 0.257 e. The van der Waals surface area contributed by atoms with Crippen LogP contribution < -0.4 is 10.6 Å². The van der Waals surface area contributed by atoms with E-state index < -0.39 is 0 Å². The summed E-state index contributed by atoms with van der Waals surface area (Å²) in [4.78, 5) is 16.6. The quantitative estimate of drug-likeness (QED) is 0.883. The Kier molecular flexibility index (Phi) is 5.09. The lowest BCUT2D eigenvalue weighted by Crippen LogP contribution is -2.14. The monoisotopic (exact) mass is 303 g/mol. The van der Waals surface area contributed by atoms with Crippen LogP contribution in [-0.2, 0) is 0 Å². The van der Waals surface area contributed by atoms with E-state index in [0.29, 0.717) is 16.6 Å². The van der Waals surface area contributed by atoms with E-state index in [1.54, 1.807) is 0 Å². The highest BCUT2D eigenvalue weighted by atomic mass is 32.1. The minimum Gasteiger partial charge on any atom is -0.312 e. The van der Waals surface area contributed by atoms with Gasteiger partial charge in [-0.15, -0.1) is 11.3 Å². The number of nitrogens with one attached hydrogen (secondary N) is 2. The van der Waals surface area contributed by atoms with Gasteiger partial charge in [0.2, 0.25) is 0 Å². The van der Waals surface area contributed by atoms with Gasteiger partial charge in [0.25, 0.3) is 5.91 Å². The Hall–Kier alpha value is -1.72. The molecule has 0 saturated heterocycles. The Labute approximate surface area is 129 Å². The van der Waals surface area contributed by atoms with Gasteiger partial charge in [-0.05, 0) is 37.6 Å². The van der Waals surface area contributed by atoms with E-state index in [1.165, 1.54) is 16.9 Å². The fourth-order valence-corrected chi connectivity index (χ4v) is 2.68. The smallest absolute Gasteiger partial charge is 0.257 e. The number of hydrogen-bond donors (Lipinski definition) is 2. The van der Waals surface area contributed by atoms with Crippen LogP contribution in [0.5, 0.6) is 0 Å². The second-order valence-corrected chi connectivity index (χ2v) is 6.18. The van der Waals surface area contributed by atoms with Gasteiger partial charge in [0.05, 0.1) is 5.69 Å². The number of aromatic nitrogens is 1. The Morgan fingerprint density at radius 1 is 1.19 bits per heavy atom. The summed E-state index contributed by atoms with van der Waals surface area (Å²) in [5.41, 5.74) is 2.82. The van der Waals surface area contributed by atoms with Crippen molar-refractivity contribution in [3.8, 4) is 0 Å². The van der Waals surface area contributed by atoms with E-state index >= 15 is 0 Å². The third-order valence-corrected chi connectivity index (χ3v) is 4.23. The molecular weight excluding hydrogens is 282 g/mol. The van der Waals surface area contributed by atoms with Crippen LogP contribution in [0.4, 0.5) is 5.13 Å². The molecule has 0 spiro atoms. The molecule has 0 radical (unpaired) electrons. The predicted molar refractivity (Wildman–Crippen MR) is 88.1 cm³/mol. The third kappa shape index (κ3) is 3.89. The van der Waals surface area contributed by atoms with Gasteiger partial charge < -0.3 is 5.32 Å². The Morgan fingerprint density at radius 2 is 1.86 bits per heavy atom. The van der Waals surface area contributed by atoms with Crippen molar-refractivity contribution in [3.05, 3.63) is 46.5 Å². The summed E-state index contributed by atoms with van der Waals surface area (Å²) >= 11 is 1.44. The molecule has 1 aromatic carbocycles. The van der Waals surface area contributed by atoms with Crippen LogP contribution in [0.2, 0.25) is 0 Å². The highest BCUT2D eigenvalue weighted by Crippen LogP contribution is 2.21. The molecule has 1 aromatic heterocycles. The molecule has 2 rings (SSSR count). The topological polar surface area (TPSA) is 54.0 Å². The summed E-state index contributed by atoms with van der Waals surface area (Å²) in [5, 5.41) is 8.56. The first-order valence-electron chi connectivity index (χ1n) is 7.05. The molecule has 0 fully saturated rings. The average molecular weight is 303 g/mol. The molecule has 1 atom stereocenters. The molecule has 0 aliphatic rings. The highest BCUT2D eigenvalue weighted by molar-refractivity contribution is 7.14. The molecule has 5 heteroatoms. The first kappa shape index (κ1) is 15.7. The second kappa shape index (κ2) is 6.83. The van der Waals surface area contributed by atoms with Gasteiger partial charge >= 0.3 is 0 Å². The first-order chi connectivity index (χ1) is 10.0. The van der Waals surface area contributed by atoms with Crippen LogP contribution in [0.1, 0.15) is 54.3 Å². The number of thiazole rings is 1. The van der Waals surface area contributed by atoms with Crippen molar-refractivity contribution in [2.75, 3.05) is 12.4 Å².